The second-order valence-electron chi connectivity index (χ2n) is 9.02. The summed E-state index contributed by atoms with van der Waals surface area (Å²) in [5.41, 5.74) is 1.24. The number of hydrogen-bond acceptors (Lipinski definition) is 6. The third-order valence-corrected chi connectivity index (χ3v) is 8.56. The minimum atomic E-state index is -3.75. The zero-order chi connectivity index (χ0) is 22.7. The van der Waals surface area contributed by atoms with Crippen molar-refractivity contribution in [2.45, 2.75) is 76.2 Å². The van der Waals surface area contributed by atoms with Gasteiger partial charge in [-0.25, -0.2) is 8.42 Å². The fraction of sp³-hybridized carbons (Fsp3) is 0.609. The molecule has 1 saturated heterocycles. The largest absolute Gasteiger partial charge is 0.353 e. The van der Waals surface area contributed by atoms with Crippen molar-refractivity contribution in [3.63, 3.8) is 0 Å². The number of aromatic nitrogens is 2. The van der Waals surface area contributed by atoms with Crippen LogP contribution in [0, 0.1) is 19.8 Å². The molecule has 8 nitrogen and oxygen atoms in total. The topological polar surface area (TPSA) is 105 Å². The van der Waals surface area contributed by atoms with Gasteiger partial charge in [-0.2, -0.15) is 9.29 Å². The van der Waals surface area contributed by atoms with E-state index >= 15 is 0 Å². The quantitative estimate of drug-likeness (QED) is 0.684. The molecule has 1 aliphatic heterocycles. The van der Waals surface area contributed by atoms with Gasteiger partial charge in [-0.05, 0) is 44.2 Å². The Balaban J connectivity index is 1.50. The summed E-state index contributed by atoms with van der Waals surface area (Å²) in [7, 11) is -3.75. The number of sulfonamides is 1. The molecule has 0 bridgehead atoms. The number of hydrogen-bond donors (Lipinski definition) is 1. The van der Waals surface area contributed by atoms with Crippen LogP contribution in [0.4, 0.5) is 0 Å². The fourth-order valence-electron chi connectivity index (χ4n) is 4.69. The predicted octanol–water partition coefficient (Wildman–Crippen LogP) is 3.59. The van der Waals surface area contributed by atoms with E-state index in [0.29, 0.717) is 42.2 Å². The molecule has 2 aliphatic rings. The van der Waals surface area contributed by atoms with E-state index in [9.17, 15) is 13.2 Å². The second-order valence-corrected chi connectivity index (χ2v) is 10.9. The van der Waals surface area contributed by atoms with Crippen molar-refractivity contribution in [1.29, 1.82) is 0 Å². The number of nitrogens with zero attached hydrogens (tertiary/aromatic N) is 3. The van der Waals surface area contributed by atoms with Crippen molar-refractivity contribution in [3.05, 3.63) is 29.7 Å². The molecule has 9 heteroatoms. The maximum atomic E-state index is 13.5. The molecule has 4 rings (SSSR count). The summed E-state index contributed by atoms with van der Waals surface area (Å²) in [5, 5.41) is 7.10. The molecule has 1 aromatic heterocycles. The molecule has 0 spiro atoms. The Morgan fingerprint density at radius 3 is 2.53 bits per heavy atom. The second kappa shape index (κ2) is 9.70. The van der Waals surface area contributed by atoms with E-state index in [4.69, 9.17) is 4.52 Å². The van der Waals surface area contributed by atoms with Crippen molar-refractivity contribution in [1.82, 2.24) is 19.8 Å². The summed E-state index contributed by atoms with van der Waals surface area (Å²) in [5.74, 6) is 0.455. The molecule has 1 atom stereocenters. The van der Waals surface area contributed by atoms with Crippen LogP contribution in [-0.4, -0.2) is 47.9 Å². The molecule has 0 radical (unpaired) electrons. The van der Waals surface area contributed by atoms with Crippen molar-refractivity contribution in [2.75, 3.05) is 13.1 Å². The van der Waals surface area contributed by atoms with Crippen molar-refractivity contribution < 1.29 is 17.7 Å². The van der Waals surface area contributed by atoms with Crippen LogP contribution in [0.15, 0.2) is 27.6 Å². The normalized spacial score (nSPS) is 21.2. The van der Waals surface area contributed by atoms with Crippen LogP contribution in [0.25, 0.3) is 11.4 Å². The highest BCUT2D eigenvalue weighted by Crippen LogP contribution is 2.29. The highest BCUT2D eigenvalue weighted by Gasteiger charge is 2.35. The monoisotopic (exact) mass is 460 g/mol. The first-order valence-corrected chi connectivity index (χ1v) is 13.0. The average Bonchev–Trinajstić information content (AvgIpc) is 3.05. The molecule has 2 aromatic rings. The van der Waals surface area contributed by atoms with E-state index in [2.05, 4.69) is 15.5 Å². The van der Waals surface area contributed by atoms with E-state index < -0.39 is 10.0 Å². The van der Waals surface area contributed by atoms with Gasteiger partial charge in [0.05, 0.1) is 10.8 Å². The Labute approximate surface area is 189 Å². The van der Waals surface area contributed by atoms with Gasteiger partial charge in [0.25, 0.3) is 0 Å². The number of carbonyl (C=O) groups excluding carboxylic acids is 1. The fourth-order valence-corrected chi connectivity index (χ4v) is 6.46. The summed E-state index contributed by atoms with van der Waals surface area (Å²) >= 11 is 0. The first-order chi connectivity index (χ1) is 15.3. The number of amides is 1. The maximum Gasteiger partial charge on any atom is 0.243 e. The van der Waals surface area contributed by atoms with Gasteiger partial charge in [-0.1, -0.05) is 43.0 Å². The third-order valence-electron chi connectivity index (χ3n) is 6.55. The minimum absolute atomic E-state index is 0.00968. The van der Waals surface area contributed by atoms with Crippen LogP contribution in [0.5, 0.6) is 0 Å². The lowest BCUT2D eigenvalue weighted by molar-refractivity contribution is -0.126. The molecule has 1 amide bonds. The number of aryl methyl sites for hydroxylation is 2. The Hall–Kier alpha value is -2.26. The van der Waals surface area contributed by atoms with Crippen LogP contribution < -0.4 is 5.32 Å². The summed E-state index contributed by atoms with van der Waals surface area (Å²) in [4.78, 5) is 17.4. The van der Waals surface area contributed by atoms with Gasteiger partial charge >= 0.3 is 0 Å². The lowest BCUT2D eigenvalue weighted by Crippen LogP contribution is -2.47. The molecule has 32 heavy (non-hydrogen) atoms. The molecule has 2 fully saturated rings. The van der Waals surface area contributed by atoms with Crippen molar-refractivity contribution in [3.8, 4) is 11.4 Å². The van der Waals surface area contributed by atoms with Gasteiger partial charge in [0, 0.05) is 31.6 Å². The highest BCUT2D eigenvalue weighted by atomic mass is 32.2. The molecule has 174 valence electrons. The SMILES string of the molecule is Cc1nc(-c2ccc(C)c(S(=O)(=O)N3CCC[C@H](C(=O)NC4CCCCCC4)C3)c2)no1. The Kier molecular flexibility index (Phi) is 6.95. The lowest BCUT2D eigenvalue weighted by atomic mass is 9.97. The molecule has 0 unspecified atom stereocenters. The van der Waals surface area contributed by atoms with Crippen molar-refractivity contribution in [2.24, 2.45) is 5.92 Å². The van der Waals surface area contributed by atoms with Gasteiger partial charge in [-0.15, -0.1) is 0 Å². The van der Waals surface area contributed by atoms with E-state index in [1.165, 1.54) is 17.1 Å². The zero-order valence-corrected chi connectivity index (χ0v) is 19.7. The number of piperidine rings is 1. The summed E-state index contributed by atoms with van der Waals surface area (Å²) in [6.07, 6.45) is 8.16. The number of rotatable bonds is 5. The van der Waals surface area contributed by atoms with Gasteiger partial charge in [-0.3, -0.25) is 4.79 Å². The van der Waals surface area contributed by atoms with Crippen LogP contribution in [-0.2, 0) is 14.8 Å². The van der Waals surface area contributed by atoms with Crippen LogP contribution in [0.1, 0.15) is 62.8 Å². The van der Waals surface area contributed by atoms with Gasteiger partial charge in [0.1, 0.15) is 0 Å². The Bertz CT molecular complexity index is 1060. The van der Waals surface area contributed by atoms with Crippen LogP contribution in [0.2, 0.25) is 0 Å². The number of nitrogens with one attached hydrogen (secondary N) is 1. The number of carbonyl (C=O) groups is 1. The Morgan fingerprint density at radius 2 is 1.84 bits per heavy atom. The van der Waals surface area contributed by atoms with Crippen LogP contribution in [0.3, 0.4) is 0 Å². The smallest absolute Gasteiger partial charge is 0.243 e. The van der Waals surface area contributed by atoms with E-state index in [0.717, 1.165) is 25.7 Å². The molecule has 1 saturated carbocycles. The van der Waals surface area contributed by atoms with E-state index in [-0.39, 0.29) is 29.3 Å². The third kappa shape index (κ3) is 5.04. The number of benzene rings is 1. The molecule has 1 aromatic carbocycles. The van der Waals surface area contributed by atoms with Gasteiger partial charge in [0.2, 0.25) is 27.6 Å². The van der Waals surface area contributed by atoms with Crippen LogP contribution >= 0.6 is 0 Å². The highest BCUT2D eigenvalue weighted by molar-refractivity contribution is 7.89. The average molecular weight is 461 g/mol. The van der Waals surface area contributed by atoms with E-state index in [1.807, 2.05) is 0 Å². The van der Waals surface area contributed by atoms with Gasteiger partial charge < -0.3 is 9.84 Å². The summed E-state index contributed by atoms with van der Waals surface area (Å²) in [6, 6.07) is 5.37. The minimum Gasteiger partial charge on any atom is -0.353 e. The maximum absolute atomic E-state index is 13.5. The van der Waals surface area contributed by atoms with E-state index in [1.54, 1.807) is 32.0 Å². The standard InChI is InChI=1S/C23H32N4O4S/c1-16-11-12-18(22-24-17(2)31-26-22)14-21(16)32(29,30)27-13-7-8-19(15-27)23(28)25-20-9-5-3-4-6-10-20/h11-12,14,19-20H,3-10,13,15H2,1-2H3,(H,25,28)/t19-/m0/s1. The molecular weight excluding hydrogens is 428 g/mol. The first-order valence-electron chi connectivity index (χ1n) is 11.6. The molecule has 1 aliphatic carbocycles. The molecular formula is C23H32N4O4S. The van der Waals surface area contributed by atoms with Crippen molar-refractivity contribution >= 4 is 15.9 Å². The predicted molar refractivity (Wildman–Crippen MR) is 120 cm³/mol. The zero-order valence-electron chi connectivity index (χ0n) is 18.8. The first kappa shape index (κ1) is 22.9. The molecule has 1 N–H and O–H groups in total. The van der Waals surface area contributed by atoms with Gasteiger partial charge in [0.15, 0.2) is 0 Å². The summed E-state index contributed by atoms with van der Waals surface area (Å²) in [6.45, 7) is 4.10. The molecule has 2 heterocycles. The lowest BCUT2D eigenvalue weighted by Gasteiger charge is -2.32. The summed E-state index contributed by atoms with van der Waals surface area (Å²) < 4.78 is 33.6. The Morgan fingerprint density at radius 1 is 1.09 bits per heavy atom.